The van der Waals surface area contributed by atoms with Gasteiger partial charge < -0.3 is 14.6 Å². The van der Waals surface area contributed by atoms with Crippen molar-refractivity contribution < 1.29 is 27.9 Å². The Morgan fingerprint density at radius 3 is 2.12 bits per heavy atom. The summed E-state index contributed by atoms with van der Waals surface area (Å²) in [7, 11) is 3.88. The van der Waals surface area contributed by atoms with E-state index >= 15 is 8.78 Å². The number of halogens is 3. The number of carboxylic acid groups (broad SMARTS) is 1. The van der Waals surface area contributed by atoms with E-state index in [9.17, 15) is 23.9 Å². The molecule has 232 valence electrons. The van der Waals surface area contributed by atoms with Crippen molar-refractivity contribution in [2.75, 3.05) is 20.6 Å². The third-order valence-electron chi connectivity index (χ3n) is 7.78. The number of aryl methyl sites for hydroxylation is 3. The van der Waals surface area contributed by atoms with Gasteiger partial charge in [-0.1, -0.05) is 13.8 Å². The molecule has 0 amide bonds. The number of likely N-dealkylation sites (N-methyl/N-ethyl adjacent to an activating group) is 1. The quantitative estimate of drug-likeness (QED) is 0.235. The van der Waals surface area contributed by atoms with Crippen molar-refractivity contribution in [1.82, 2.24) is 9.47 Å². The summed E-state index contributed by atoms with van der Waals surface area (Å²) in [4.78, 5) is 41.0. The number of Topliss-reactive ketones (excluding diaryl/α,β-unsaturated/α-hetero) is 1. The van der Waals surface area contributed by atoms with Crippen LogP contribution in [0.4, 0.5) is 13.2 Å². The van der Waals surface area contributed by atoms with E-state index in [1.54, 1.807) is 20.0 Å². The number of pyridine rings is 1. The molecule has 3 rings (SSSR count). The lowest BCUT2D eigenvalue weighted by Gasteiger charge is -2.25. The first kappa shape index (κ1) is 33.8. The van der Waals surface area contributed by atoms with E-state index in [4.69, 9.17) is 0 Å². The molecular formula is C34H41F3N2O4. The van der Waals surface area contributed by atoms with Gasteiger partial charge in [-0.25, -0.2) is 13.2 Å². The number of aromatic nitrogens is 1. The third kappa shape index (κ3) is 8.44. The van der Waals surface area contributed by atoms with Crippen molar-refractivity contribution >= 4 is 11.8 Å². The molecule has 1 aromatic heterocycles. The highest BCUT2D eigenvalue weighted by atomic mass is 19.2. The largest absolute Gasteiger partial charge is 0.481 e. The maximum absolute atomic E-state index is 15.4. The minimum Gasteiger partial charge on any atom is -0.481 e. The lowest BCUT2D eigenvalue weighted by atomic mass is 9.84. The highest BCUT2D eigenvalue weighted by molar-refractivity contribution is 5.84. The van der Waals surface area contributed by atoms with Gasteiger partial charge in [-0.05, 0) is 117 Å². The van der Waals surface area contributed by atoms with Crippen LogP contribution in [-0.2, 0) is 16.0 Å². The van der Waals surface area contributed by atoms with Crippen molar-refractivity contribution in [3.05, 3.63) is 92.2 Å². The third-order valence-corrected chi connectivity index (χ3v) is 7.78. The molecule has 2 aromatic carbocycles. The van der Waals surface area contributed by atoms with Crippen molar-refractivity contribution in [1.29, 1.82) is 0 Å². The van der Waals surface area contributed by atoms with Gasteiger partial charge in [0.05, 0.1) is 12.5 Å². The molecule has 0 saturated heterocycles. The van der Waals surface area contributed by atoms with E-state index in [0.717, 1.165) is 23.7 Å². The second-order valence-electron chi connectivity index (χ2n) is 12.2. The van der Waals surface area contributed by atoms with Crippen molar-refractivity contribution in [2.45, 2.75) is 72.3 Å². The molecule has 1 heterocycles. The molecule has 0 radical (unpaired) electrons. The van der Waals surface area contributed by atoms with Crippen LogP contribution in [0.3, 0.4) is 0 Å². The van der Waals surface area contributed by atoms with Gasteiger partial charge in [0.15, 0.2) is 17.4 Å². The molecule has 3 aromatic rings. The lowest BCUT2D eigenvalue weighted by molar-refractivity contribution is -0.137. The standard InChI is InChI=1S/C34H41F3N2O4/c1-19(2)10-29(39-18-23(8-9-38(6)7)20(3)13-31(39)41)30(40)16-24(17-32(42)43)27-14-25(15-28(36)34(27)37)33-21(4)11-26(35)12-22(33)5/h11-15,18-19,24,29H,8-10,16-17H2,1-7H3,(H,42,43)/t24-,29?/m0/s1. The maximum Gasteiger partial charge on any atom is 0.303 e. The molecule has 0 aliphatic rings. The topological polar surface area (TPSA) is 79.6 Å². The number of carbonyl (C=O) groups excluding carboxylic acids is 1. The number of carbonyl (C=O) groups is 2. The highest BCUT2D eigenvalue weighted by Crippen LogP contribution is 2.36. The number of ketones is 1. The zero-order chi connectivity index (χ0) is 32.2. The molecular weight excluding hydrogens is 557 g/mol. The van der Waals surface area contributed by atoms with Crippen molar-refractivity contribution in [3.8, 4) is 11.1 Å². The van der Waals surface area contributed by atoms with Crippen molar-refractivity contribution in [3.63, 3.8) is 0 Å². The Kier molecular flexibility index (Phi) is 11.1. The summed E-state index contributed by atoms with van der Waals surface area (Å²) >= 11 is 0. The van der Waals surface area contributed by atoms with E-state index < -0.39 is 54.0 Å². The molecule has 0 spiro atoms. The van der Waals surface area contributed by atoms with Gasteiger partial charge in [-0.2, -0.15) is 0 Å². The minimum atomic E-state index is -1.28. The fourth-order valence-electron chi connectivity index (χ4n) is 5.68. The number of hydrogen-bond acceptors (Lipinski definition) is 4. The molecule has 9 heteroatoms. The monoisotopic (exact) mass is 598 g/mol. The Balaban J connectivity index is 2.10. The average Bonchev–Trinajstić information content (AvgIpc) is 2.87. The SMILES string of the molecule is Cc1cc(=O)n(C(CC(C)C)C(=O)C[C@@H](CC(=O)O)c2cc(-c3c(C)cc(F)cc3C)cc(F)c2F)cc1CCN(C)C. The molecule has 43 heavy (non-hydrogen) atoms. The van der Waals surface area contributed by atoms with Gasteiger partial charge in [0.2, 0.25) is 0 Å². The molecule has 0 bridgehead atoms. The predicted molar refractivity (Wildman–Crippen MR) is 162 cm³/mol. The number of benzene rings is 2. The van der Waals surface area contributed by atoms with Gasteiger partial charge >= 0.3 is 5.97 Å². The van der Waals surface area contributed by atoms with E-state index in [0.29, 0.717) is 29.5 Å². The number of carboxylic acids is 1. The van der Waals surface area contributed by atoms with E-state index in [1.807, 2.05) is 39.8 Å². The second kappa shape index (κ2) is 14.2. The van der Waals surface area contributed by atoms with E-state index in [2.05, 4.69) is 0 Å². The van der Waals surface area contributed by atoms with Crippen LogP contribution in [0.2, 0.25) is 0 Å². The number of aliphatic carboxylic acids is 1. The van der Waals surface area contributed by atoms with Crippen molar-refractivity contribution in [2.24, 2.45) is 5.92 Å². The summed E-state index contributed by atoms with van der Waals surface area (Å²) in [5.74, 6) is -5.82. The normalized spacial score (nSPS) is 13.0. The van der Waals surface area contributed by atoms with Crippen LogP contribution in [0.25, 0.3) is 11.1 Å². The summed E-state index contributed by atoms with van der Waals surface area (Å²) in [5, 5.41) is 9.71. The Labute approximate surface area is 251 Å². The number of nitrogens with zero attached hydrogens (tertiary/aromatic N) is 2. The molecule has 0 aliphatic carbocycles. The smallest absolute Gasteiger partial charge is 0.303 e. The molecule has 2 atom stereocenters. The first-order valence-corrected chi connectivity index (χ1v) is 14.5. The summed E-state index contributed by atoms with van der Waals surface area (Å²) in [6.07, 6.45) is 1.61. The summed E-state index contributed by atoms with van der Waals surface area (Å²) in [6, 6.07) is 5.48. The summed E-state index contributed by atoms with van der Waals surface area (Å²) in [6.45, 7) is 9.69. The first-order valence-electron chi connectivity index (χ1n) is 14.5. The van der Waals surface area contributed by atoms with Crippen LogP contribution in [0, 0.1) is 44.1 Å². The minimum absolute atomic E-state index is 0.00670. The Morgan fingerprint density at radius 2 is 1.56 bits per heavy atom. The zero-order valence-corrected chi connectivity index (χ0v) is 25.9. The number of hydrogen-bond donors (Lipinski definition) is 1. The number of rotatable bonds is 13. The molecule has 1 unspecified atom stereocenters. The van der Waals surface area contributed by atoms with Gasteiger partial charge in [-0.15, -0.1) is 0 Å². The van der Waals surface area contributed by atoms with Gasteiger partial charge in [0.25, 0.3) is 5.56 Å². The van der Waals surface area contributed by atoms with E-state index in [-0.39, 0.29) is 22.6 Å². The molecule has 0 aliphatic heterocycles. The summed E-state index contributed by atoms with van der Waals surface area (Å²) < 4.78 is 45.8. The zero-order valence-electron chi connectivity index (χ0n) is 25.9. The lowest BCUT2D eigenvalue weighted by Crippen LogP contribution is -2.32. The van der Waals surface area contributed by atoms with Crippen LogP contribution in [0.15, 0.2) is 41.3 Å². The average molecular weight is 599 g/mol. The van der Waals surface area contributed by atoms with Gasteiger partial charge in [-0.3, -0.25) is 14.4 Å². The van der Waals surface area contributed by atoms with E-state index in [1.165, 1.54) is 28.8 Å². The fraction of sp³-hybridized carbons (Fsp3) is 0.441. The molecule has 0 fully saturated rings. The van der Waals surface area contributed by atoms with Crippen LogP contribution in [0.5, 0.6) is 0 Å². The molecule has 0 saturated carbocycles. The Morgan fingerprint density at radius 1 is 0.930 bits per heavy atom. The molecule has 6 nitrogen and oxygen atoms in total. The van der Waals surface area contributed by atoms with Gasteiger partial charge in [0.1, 0.15) is 5.82 Å². The first-order chi connectivity index (χ1) is 20.1. The molecule has 1 N–H and O–H groups in total. The maximum atomic E-state index is 15.4. The Bertz CT molecular complexity index is 1540. The highest BCUT2D eigenvalue weighted by Gasteiger charge is 2.30. The van der Waals surface area contributed by atoms with Gasteiger partial charge in [0, 0.05) is 31.1 Å². The van der Waals surface area contributed by atoms with Crippen LogP contribution < -0.4 is 5.56 Å². The van der Waals surface area contributed by atoms with Crippen LogP contribution in [-0.4, -0.2) is 47.0 Å². The fourth-order valence-corrected chi connectivity index (χ4v) is 5.68. The predicted octanol–water partition coefficient (Wildman–Crippen LogP) is 6.77. The second-order valence-corrected chi connectivity index (χ2v) is 12.2. The van der Waals surface area contributed by atoms with Crippen LogP contribution >= 0.6 is 0 Å². The van der Waals surface area contributed by atoms with Crippen LogP contribution in [0.1, 0.15) is 72.9 Å². The Hall–Kier alpha value is -3.72. The summed E-state index contributed by atoms with van der Waals surface area (Å²) in [5.41, 5.74) is 2.86.